The van der Waals surface area contributed by atoms with E-state index < -0.39 is 5.97 Å². The van der Waals surface area contributed by atoms with Gasteiger partial charge in [-0.3, -0.25) is 9.59 Å². The maximum absolute atomic E-state index is 13.0. The Hall–Kier alpha value is -2.70. The summed E-state index contributed by atoms with van der Waals surface area (Å²) in [4.78, 5) is 30.7. The van der Waals surface area contributed by atoms with Crippen molar-refractivity contribution in [3.05, 3.63) is 86.8 Å². The first-order valence-corrected chi connectivity index (χ1v) is 9.90. The van der Waals surface area contributed by atoms with Crippen LogP contribution in [-0.4, -0.2) is 35.4 Å². The first-order chi connectivity index (χ1) is 13.5. The average molecular weight is 415 g/mol. The lowest BCUT2D eigenvalue weighted by atomic mass is 10.2. The molecule has 0 fully saturated rings. The van der Waals surface area contributed by atoms with Crippen molar-refractivity contribution in [1.29, 1.82) is 0 Å². The van der Waals surface area contributed by atoms with Crippen molar-refractivity contribution >= 4 is 34.8 Å². The molecular weight excluding hydrogens is 396 g/mol. The van der Waals surface area contributed by atoms with Gasteiger partial charge in [-0.05, 0) is 23.3 Å². The molecule has 1 heterocycles. The number of hydrogen-bond donors (Lipinski definition) is 0. The van der Waals surface area contributed by atoms with E-state index in [9.17, 15) is 9.59 Å². The lowest BCUT2D eigenvalue weighted by Crippen LogP contribution is -2.36. The van der Waals surface area contributed by atoms with E-state index in [0.29, 0.717) is 17.1 Å². The molecule has 144 valence electrons. The zero-order chi connectivity index (χ0) is 19.9. The van der Waals surface area contributed by atoms with E-state index in [1.54, 1.807) is 17.5 Å². The molecule has 7 heteroatoms. The summed E-state index contributed by atoms with van der Waals surface area (Å²) in [5, 5.41) is 3.19. The molecule has 3 rings (SSSR count). The third-order valence-electron chi connectivity index (χ3n) is 4.09. The van der Waals surface area contributed by atoms with Crippen LogP contribution in [-0.2, 0) is 22.5 Å². The fraction of sp³-hybridized carbons (Fsp3) is 0.190. The first kappa shape index (κ1) is 20.0. The molecule has 0 radical (unpaired) electrons. The molecule has 0 saturated carbocycles. The molecule has 0 saturated heterocycles. The summed E-state index contributed by atoms with van der Waals surface area (Å²) in [6, 6.07) is 17.1. The average Bonchev–Trinajstić information content (AvgIpc) is 3.17. The summed E-state index contributed by atoms with van der Waals surface area (Å²) in [5.74, 6) is -0.794. The molecule has 5 nitrogen and oxygen atoms in total. The Morgan fingerprint density at radius 2 is 1.79 bits per heavy atom. The summed E-state index contributed by atoms with van der Waals surface area (Å²) >= 11 is 7.35. The molecule has 0 aliphatic heterocycles. The highest BCUT2D eigenvalue weighted by Gasteiger charge is 2.22. The predicted molar refractivity (Wildman–Crippen MR) is 110 cm³/mol. The molecule has 1 amide bonds. The number of esters is 1. The second-order valence-electron chi connectivity index (χ2n) is 6.15. The van der Waals surface area contributed by atoms with Gasteiger partial charge in [0, 0.05) is 23.4 Å². The van der Waals surface area contributed by atoms with Crippen molar-refractivity contribution in [3.8, 4) is 0 Å². The molecule has 1 aromatic heterocycles. The van der Waals surface area contributed by atoms with E-state index in [1.807, 2.05) is 42.5 Å². The van der Waals surface area contributed by atoms with Gasteiger partial charge in [-0.2, -0.15) is 0 Å². The highest BCUT2D eigenvalue weighted by molar-refractivity contribution is 7.09. The number of nitrogens with zero attached hydrogens (tertiary/aromatic N) is 2. The first-order valence-electron chi connectivity index (χ1n) is 8.64. The number of rotatable bonds is 7. The SMILES string of the molecule is COC(=O)CN(Cc1ccc(Cl)cc1)C(=O)c1csc(Cc2ccccc2)n1. The van der Waals surface area contributed by atoms with Crippen LogP contribution < -0.4 is 0 Å². The number of benzene rings is 2. The van der Waals surface area contributed by atoms with Gasteiger partial charge in [0.15, 0.2) is 0 Å². The Labute approximate surface area is 172 Å². The fourth-order valence-corrected chi connectivity index (χ4v) is 3.58. The van der Waals surface area contributed by atoms with Gasteiger partial charge < -0.3 is 9.64 Å². The Bertz CT molecular complexity index is 942. The molecule has 0 spiro atoms. The zero-order valence-electron chi connectivity index (χ0n) is 15.3. The largest absolute Gasteiger partial charge is 0.468 e. The standard InChI is InChI=1S/C21H19ClN2O3S/c1-27-20(25)13-24(12-16-7-9-17(22)10-8-16)21(26)18-14-28-19(23-18)11-15-5-3-2-4-6-15/h2-10,14H,11-13H2,1H3. The minimum atomic E-state index is -0.484. The summed E-state index contributed by atoms with van der Waals surface area (Å²) < 4.78 is 4.74. The minimum absolute atomic E-state index is 0.149. The van der Waals surface area contributed by atoms with Gasteiger partial charge in [0.25, 0.3) is 5.91 Å². The van der Waals surface area contributed by atoms with Gasteiger partial charge in [0.1, 0.15) is 12.2 Å². The number of aromatic nitrogens is 1. The van der Waals surface area contributed by atoms with E-state index in [-0.39, 0.29) is 19.0 Å². The quantitative estimate of drug-likeness (QED) is 0.543. The van der Waals surface area contributed by atoms with Crippen LogP contribution >= 0.6 is 22.9 Å². The van der Waals surface area contributed by atoms with Gasteiger partial charge in [0.2, 0.25) is 0 Å². The van der Waals surface area contributed by atoms with Crippen molar-refractivity contribution < 1.29 is 14.3 Å². The van der Waals surface area contributed by atoms with Crippen molar-refractivity contribution in [3.63, 3.8) is 0 Å². The monoisotopic (exact) mass is 414 g/mol. The summed E-state index contributed by atoms with van der Waals surface area (Å²) in [6.07, 6.45) is 0.660. The number of carbonyl (C=O) groups is 2. The molecule has 0 bridgehead atoms. The van der Waals surface area contributed by atoms with Crippen molar-refractivity contribution in [1.82, 2.24) is 9.88 Å². The van der Waals surface area contributed by atoms with E-state index >= 15 is 0 Å². The van der Waals surface area contributed by atoms with E-state index in [4.69, 9.17) is 16.3 Å². The van der Waals surface area contributed by atoms with E-state index in [0.717, 1.165) is 16.1 Å². The van der Waals surface area contributed by atoms with Crippen LogP contribution in [0.5, 0.6) is 0 Å². The molecule has 0 unspecified atom stereocenters. The number of amides is 1. The topological polar surface area (TPSA) is 59.5 Å². The number of ether oxygens (including phenoxy) is 1. The van der Waals surface area contributed by atoms with Crippen molar-refractivity contribution in [2.75, 3.05) is 13.7 Å². The summed E-state index contributed by atoms with van der Waals surface area (Å²) in [6.45, 7) is 0.111. The number of thiazole rings is 1. The van der Waals surface area contributed by atoms with Crippen LogP contribution in [0.3, 0.4) is 0 Å². The Morgan fingerprint density at radius 1 is 1.07 bits per heavy atom. The number of carbonyl (C=O) groups excluding carboxylic acids is 2. The smallest absolute Gasteiger partial charge is 0.325 e. The molecule has 0 N–H and O–H groups in total. The molecule has 0 atom stereocenters. The van der Waals surface area contributed by atoms with E-state index in [1.165, 1.54) is 23.3 Å². The Morgan fingerprint density at radius 3 is 2.46 bits per heavy atom. The summed E-state index contributed by atoms with van der Waals surface area (Å²) in [5.41, 5.74) is 2.32. The predicted octanol–water partition coefficient (Wildman–Crippen LogP) is 4.20. The van der Waals surface area contributed by atoms with E-state index in [2.05, 4.69) is 4.98 Å². The molecule has 2 aromatic carbocycles. The van der Waals surface area contributed by atoms with Crippen molar-refractivity contribution in [2.45, 2.75) is 13.0 Å². The Balaban J connectivity index is 1.76. The second-order valence-corrected chi connectivity index (χ2v) is 7.53. The maximum atomic E-state index is 13.0. The molecule has 28 heavy (non-hydrogen) atoms. The number of hydrogen-bond acceptors (Lipinski definition) is 5. The normalized spacial score (nSPS) is 10.5. The van der Waals surface area contributed by atoms with Gasteiger partial charge in [-0.15, -0.1) is 11.3 Å². The highest BCUT2D eigenvalue weighted by atomic mass is 35.5. The zero-order valence-corrected chi connectivity index (χ0v) is 16.9. The van der Waals surface area contributed by atoms with Crippen LogP contribution in [0.25, 0.3) is 0 Å². The second kappa shape index (κ2) is 9.48. The molecule has 0 aliphatic carbocycles. The number of methoxy groups -OCH3 is 1. The van der Waals surface area contributed by atoms with Gasteiger partial charge >= 0.3 is 5.97 Å². The number of halogens is 1. The van der Waals surface area contributed by atoms with Gasteiger partial charge in [0.05, 0.1) is 12.1 Å². The molecule has 3 aromatic rings. The highest BCUT2D eigenvalue weighted by Crippen LogP contribution is 2.18. The van der Waals surface area contributed by atoms with Crippen LogP contribution in [0.15, 0.2) is 60.0 Å². The van der Waals surface area contributed by atoms with Crippen LogP contribution in [0.2, 0.25) is 5.02 Å². The van der Waals surface area contributed by atoms with Crippen LogP contribution in [0, 0.1) is 0 Å². The third-order valence-corrected chi connectivity index (χ3v) is 5.19. The van der Waals surface area contributed by atoms with Gasteiger partial charge in [-0.25, -0.2) is 4.98 Å². The molecule has 0 aliphatic rings. The summed E-state index contributed by atoms with van der Waals surface area (Å²) in [7, 11) is 1.30. The lowest BCUT2D eigenvalue weighted by Gasteiger charge is -2.20. The van der Waals surface area contributed by atoms with Crippen molar-refractivity contribution in [2.24, 2.45) is 0 Å². The van der Waals surface area contributed by atoms with Gasteiger partial charge in [-0.1, -0.05) is 54.1 Å². The third kappa shape index (κ3) is 5.41. The lowest BCUT2D eigenvalue weighted by molar-refractivity contribution is -0.141. The van der Waals surface area contributed by atoms with Crippen LogP contribution in [0.4, 0.5) is 0 Å². The maximum Gasteiger partial charge on any atom is 0.325 e. The Kier molecular flexibility index (Phi) is 6.79. The fourth-order valence-electron chi connectivity index (χ4n) is 2.65. The molecular formula is C21H19ClN2O3S. The van der Waals surface area contributed by atoms with Crippen LogP contribution in [0.1, 0.15) is 26.6 Å². The minimum Gasteiger partial charge on any atom is -0.468 e.